The maximum absolute atomic E-state index is 3.36. The van der Waals surface area contributed by atoms with E-state index in [1.807, 2.05) is 0 Å². The molecule has 0 aliphatic heterocycles. The molecular weight excluding hydrogens is 402 g/mol. The number of benzene rings is 1. The monoisotopic (exact) mass is 426 g/mol. The number of fused-ring (bicyclic) bond motifs is 1. The number of hydrogen-bond donors (Lipinski definition) is 0. The minimum absolute atomic E-state index is 0. The van der Waals surface area contributed by atoms with Crippen molar-refractivity contribution in [1.82, 2.24) is 0 Å². The molecule has 1 aliphatic rings. The molecule has 0 N–H and O–H groups in total. The second-order valence-corrected chi connectivity index (χ2v) is 5.85. The quantitative estimate of drug-likeness (QED) is 0.408. The molecule has 0 amide bonds. The number of allylic oxidation sites excluding steroid dienone is 4. The zero-order valence-corrected chi connectivity index (χ0v) is 18.9. The Kier molecular flexibility index (Phi) is 11.5. The standard InChI is InChI=1S/C11H11.C9H13.2ClH.Zr/c1-8-7-9(2)11-6-4-3-5-10(8)11;1-6-5-7(2)9(4)8(6)3;;;/h3-7H,1-2H3;6H,1-4H3;2*1H;/q2*-1;;;+2. The fourth-order valence-electron chi connectivity index (χ4n) is 2.81. The average Bonchev–Trinajstić information content (AvgIpc) is 2.84. The van der Waals surface area contributed by atoms with Crippen molar-refractivity contribution in [3.8, 4) is 0 Å². The molecular formula is C20H26Cl2Zr. The first-order valence-corrected chi connectivity index (χ1v) is 7.31. The second kappa shape index (κ2) is 10.6. The van der Waals surface area contributed by atoms with Crippen LogP contribution in [-0.4, -0.2) is 0 Å². The second-order valence-electron chi connectivity index (χ2n) is 5.85. The van der Waals surface area contributed by atoms with Gasteiger partial charge in [-0.05, 0) is 0 Å². The van der Waals surface area contributed by atoms with E-state index < -0.39 is 0 Å². The summed E-state index contributed by atoms with van der Waals surface area (Å²) in [5.41, 5.74) is 7.02. The number of hydrogen-bond acceptors (Lipinski definition) is 0. The first kappa shape index (κ1) is 25.0. The van der Waals surface area contributed by atoms with Gasteiger partial charge in [0.25, 0.3) is 0 Å². The van der Waals surface area contributed by atoms with Crippen LogP contribution >= 0.6 is 24.8 Å². The van der Waals surface area contributed by atoms with Crippen LogP contribution in [0.5, 0.6) is 0 Å². The topological polar surface area (TPSA) is 0 Å². The summed E-state index contributed by atoms with van der Waals surface area (Å²) < 4.78 is 0. The van der Waals surface area contributed by atoms with Crippen molar-refractivity contribution in [2.24, 2.45) is 5.92 Å². The van der Waals surface area contributed by atoms with Crippen molar-refractivity contribution in [2.45, 2.75) is 41.5 Å². The Morgan fingerprint density at radius 1 is 1.00 bits per heavy atom. The van der Waals surface area contributed by atoms with Crippen molar-refractivity contribution in [1.29, 1.82) is 0 Å². The maximum atomic E-state index is 3.36. The third-order valence-electron chi connectivity index (χ3n) is 4.45. The van der Waals surface area contributed by atoms with Gasteiger partial charge in [-0.3, -0.25) is 6.08 Å². The molecule has 0 fully saturated rings. The van der Waals surface area contributed by atoms with Crippen molar-refractivity contribution in [2.75, 3.05) is 0 Å². The molecule has 3 rings (SSSR count). The van der Waals surface area contributed by atoms with Gasteiger partial charge in [0.1, 0.15) is 0 Å². The van der Waals surface area contributed by atoms with Gasteiger partial charge in [-0.25, -0.2) is 5.57 Å². The van der Waals surface area contributed by atoms with Gasteiger partial charge in [0.2, 0.25) is 0 Å². The molecule has 2 aromatic carbocycles. The summed E-state index contributed by atoms with van der Waals surface area (Å²) in [6, 6.07) is 10.8. The van der Waals surface area contributed by atoms with Gasteiger partial charge in [0.05, 0.1) is 0 Å². The van der Waals surface area contributed by atoms with Crippen molar-refractivity contribution in [3.05, 3.63) is 64.3 Å². The SMILES string of the molecule is CC1=[C-]C(C)C(C)=C1C.Cc1c[c-](C)c2ccccc12.Cl.Cl.[Zr+2]. The van der Waals surface area contributed by atoms with Gasteiger partial charge in [0, 0.05) is 0 Å². The first-order chi connectivity index (χ1) is 9.41. The van der Waals surface area contributed by atoms with Crippen LogP contribution in [-0.2, 0) is 26.2 Å². The molecule has 0 saturated heterocycles. The number of halogens is 2. The van der Waals surface area contributed by atoms with Gasteiger partial charge in [-0.1, -0.05) is 46.6 Å². The van der Waals surface area contributed by atoms with E-state index in [4.69, 9.17) is 0 Å². The molecule has 1 unspecified atom stereocenters. The summed E-state index contributed by atoms with van der Waals surface area (Å²) in [5.74, 6) is 0.560. The molecule has 0 heterocycles. The average molecular weight is 429 g/mol. The van der Waals surface area contributed by atoms with Crippen LogP contribution in [0, 0.1) is 25.8 Å². The van der Waals surface area contributed by atoms with Crippen molar-refractivity contribution >= 4 is 35.6 Å². The Bertz CT molecular complexity index is 657. The smallest absolute Gasteiger partial charge is 0.266 e. The van der Waals surface area contributed by atoms with Crippen LogP contribution in [0.4, 0.5) is 0 Å². The molecule has 2 aromatic rings. The molecule has 1 aliphatic carbocycles. The molecule has 1 atom stereocenters. The van der Waals surface area contributed by atoms with E-state index in [0.717, 1.165) is 0 Å². The minimum atomic E-state index is 0. The molecule has 0 aromatic heterocycles. The van der Waals surface area contributed by atoms with E-state index in [1.54, 1.807) is 0 Å². The maximum Gasteiger partial charge on any atom is 2.00 e. The van der Waals surface area contributed by atoms with Gasteiger partial charge >= 0.3 is 26.2 Å². The van der Waals surface area contributed by atoms with E-state index >= 15 is 0 Å². The summed E-state index contributed by atoms with van der Waals surface area (Å²) in [5, 5.41) is 2.79. The summed E-state index contributed by atoms with van der Waals surface area (Å²) >= 11 is 0. The molecule has 124 valence electrons. The number of rotatable bonds is 0. The fraction of sp³-hybridized carbons (Fsp3) is 0.350. The van der Waals surface area contributed by atoms with E-state index in [2.05, 4.69) is 78.0 Å². The van der Waals surface area contributed by atoms with Crippen LogP contribution in [0.25, 0.3) is 10.8 Å². The molecule has 0 spiro atoms. The Hall–Kier alpha value is -0.227. The first-order valence-electron chi connectivity index (χ1n) is 7.31. The molecule has 0 saturated carbocycles. The van der Waals surface area contributed by atoms with Gasteiger partial charge in [0.15, 0.2) is 0 Å². The van der Waals surface area contributed by atoms with Crippen LogP contribution in [0.15, 0.2) is 47.1 Å². The Balaban J connectivity index is 0. The van der Waals surface area contributed by atoms with E-state index in [1.165, 1.54) is 38.6 Å². The van der Waals surface area contributed by atoms with Crippen LogP contribution in [0.3, 0.4) is 0 Å². The van der Waals surface area contributed by atoms with E-state index in [0.29, 0.717) is 5.92 Å². The Morgan fingerprint density at radius 2 is 1.57 bits per heavy atom. The minimum Gasteiger partial charge on any atom is -0.266 e. The summed E-state index contributed by atoms with van der Waals surface area (Å²) in [4.78, 5) is 0. The number of aryl methyl sites for hydroxylation is 2. The van der Waals surface area contributed by atoms with Crippen molar-refractivity contribution in [3.63, 3.8) is 0 Å². The van der Waals surface area contributed by atoms with Gasteiger partial charge in [-0.2, -0.15) is 16.7 Å². The van der Waals surface area contributed by atoms with Crippen molar-refractivity contribution < 1.29 is 26.2 Å². The zero-order chi connectivity index (χ0) is 14.9. The van der Waals surface area contributed by atoms with Crippen LogP contribution in [0.1, 0.15) is 38.8 Å². The Morgan fingerprint density at radius 3 is 1.96 bits per heavy atom. The largest absolute Gasteiger partial charge is 2.00 e. The normalized spacial score (nSPS) is 15.7. The predicted octanol–water partition coefficient (Wildman–Crippen LogP) is 6.74. The summed E-state index contributed by atoms with van der Waals surface area (Å²) in [6.07, 6.45) is 3.36. The molecule has 0 nitrogen and oxygen atoms in total. The third kappa shape index (κ3) is 5.66. The molecule has 3 heteroatoms. The molecule has 0 radical (unpaired) electrons. The summed E-state index contributed by atoms with van der Waals surface area (Å²) in [7, 11) is 0. The predicted molar refractivity (Wildman–Crippen MR) is 103 cm³/mol. The third-order valence-corrected chi connectivity index (χ3v) is 4.45. The molecule has 0 bridgehead atoms. The zero-order valence-electron chi connectivity index (χ0n) is 14.8. The Labute approximate surface area is 172 Å². The van der Waals surface area contributed by atoms with Crippen LogP contribution in [0.2, 0.25) is 0 Å². The van der Waals surface area contributed by atoms with E-state index in [9.17, 15) is 0 Å². The molecule has 23 heavy (non-hydrogen) atoms. The van der Waals surface area contributed by atoms with Gasteiger partial charge < -0.3 is 0 Å². The summed E-state index contributed by atoms with van der Waals surface area (Å²) in [6.45, 7) is 13.0. The van der Waals surface area contributed by atoms with E-state index in [-0.39, 0.29) is 51.0 Å². The fourth-order valence-corrected chi connectivity index (χ4v) is 2.81. The van der Waals surface area contributed by atoms with Gasteiger partial charge in [-0.15, -0.1) is 72.3 Å². The van der Waals surface area contributed by atoms with Crippen LogP contribution < -0.4 is 0 Å².